The molecule has 2 aromatic carbocycles. The molecule has 1 saturated heterocycles. The normalized spacial score (nSPS) is 14.3. The van der Waals surface area contributed by atoms with Crippen LogP contribution in [-0.4, -0.2) is 30.1 Å². The van der Waals surface area contributed by atoms with Crippen molar-refractivity contribution in [3.63, 3.8) is 0 Å². The van der Waals surface area contributed by atoms with Crippen LogP contribution in [0.2, 0.25) is 0 Å². The average Bonchev–Trinajstić information content (AvgIpc) is 3.02. The number of benzene rings is 2. The number of allylic oxidation sites excluding steroid dienone is 1. The maximum absolute atomic E-state index is 14.0. The number of terminal acetylenes is 1. The molecule has 1 heterocycles. The molecule has 32 heavy (non-hydrogen) atoms. The minimum absolute atomic E-state index is 0.0736. The van der Waals surface area contributed by atoms with E-state index in [1.165, 1.54) is 12.1 Å². The Labute approximate surface area is 186 Å². The van der Waals surface area contributed by atoms with E-state index < -0.39 is 17.8 Å². The summed E-state index contributed by atoms with van der Waals surface area (Å²) in [5, 5.41) is 2.55. The number of rotatable bonds is 9. The molecule has 0 atom stereocenters. The van der Waals surface area contributed by atoms with Gasteiger partial charge in [-0.1, -0.05) is 30.2 Å². The summed E-state index contributed by atoms with van der Waals surface area (Å²) >= 11 is 0. The highest BCUT2D eigenvalue weighted by atomic mass is 19.1. The highest BCUT2D eigenvalue weighted by molar-refractivity contribution is 6.13. The third-order valence-corrected chi connectivity index (χ3v) is 4.68. The lowest BCUT2D eigenvalue weighted by Gasteiger charge is -2.15. The molecule has 1 N–H and O–H groups in total. The highest BCUT2D eigenvalue weighted by Gasteiger charge is 2.34. The molecule has 3 amide bonds. The van der Waals surface area contributed by atoms with Crippen LogP contribution in [-0.2, 0) is 17.8 Å². The smallest absolute Gasteiger partial charge is 0.329 e. The number of nitrogens with zero attached hydrogens (tertiary/aromatic N) is 1. The van der Waals surface area contributed by atoms with Crippen LogP contribution in [0.5, 0.6) is 11.5 Å². The molecule has 0 aliphatic carbocycles. The summed E-state index contributed by atoms with van der Waals surface area (Å²) in [6.07, 6.45) is 9.06. The monoisotopic (exact) mass is 434 g/mol. The van der Waals surface area contributed by atoms with Gasteiger partial charge in [-0.3, -0.25) is 9.69 Å². The molecule has 3 rings (SSSR count). The Morgan fingerprint density at radius 2 is 2.00 bits per heavy atom. The predicted octanol–water partition coefficient (Wildman–Crippen LogP) is 4.06. The van der Waals surface area contributed by atoms with Crippen molar-refractivity contribution >= 4 is 18.0 Å². The van der Waals surface area contributed by atoms with E-state index in [1.807, 2.05) is 13.0 Å². The number of carbonyl (C=O) groups excluding carboxylic acids is 2. The molecule has 0 unspecified atom stereocenters. The van der Waals surface area contributed by atoms with Crippen LogP contribution in [0.15, 0.2) is 54.8 Å². The fourth-order valence-corrected chi connectivity index (χ4v) is 3.29. The van der Waals surface area contributed by atoms with Crippen molar-refractivity contribution in [3.05, 3.63) is 77.3 Å². The van der Waals surface area contributed by atoms with E-state index in [9.17, 15) is 14.0 Å². The fourth-order valence-electron chi connectivity index (χ4n) is 3.29. The summed E-state index contributed by atoms with van der Waals surface area (Å²) < 4.78 is 25.3. The largest absolute Gasteiger partial charge is 0.490 e. The van der Waals surface area contributed by atoms with Gasteiger partial charge in [-0.05, 0) is 43.2 Å². The molecule has 0 aromatic heterocycles. The molecule has 7 heteroatoms. The number of hydrogen-bond donors (Lipinski definition) is 1. The van der Waals surface area contributed by atoms with Gasteiger partial charge in [0, 0.05) is 11.1 Å². The molecule has 1 aliphatic rings. The molecular formula is C25H23FN2O4. The van der Waals surface area contributed by atoms with Crippen molar-refractivity contribution in [1.29, 1.82) is 0 Å². The number of hydrogen-bond acceptors (Lipinski definition) is 4. The Bertz CT molecular complexity index is 1120. The molecule has 0 bridgehead atoms. The van der Waals surface area contributed by atoms with Crippen molar-refractivity contribution in [3.8, 4) is 23.8 Å². The van der Waals surface area contributed by atoms with Crippen molar-refractivity contribution in [2.45, 2.75) is 19.9 Å². The van der Waals surface area contributed by atoms with Crippen molar-refractivity contribution in [2.24, 2.45) is 0 Å². The number of nitrogens with one attached hydrogen (secondary N) is 1. The fraction of sp³-hybridized carbons (Fsp3) is 0.200. The molecule has 0 radical (unpaired) electrons. The van der Waals surface area contributed by atoms with Gasteiger partial charge >= 0.3 is 6.03 Å². The van der Waals surface area contributed by atoms with Gasteiger partial charge in [-0.25, -0.2) is 9.18 Å². The first-order valence-electron chi connectivity index (χ1n) is 10.0. The van der Waals surface area contributed by atoms with Gasteiger partial charge in [0.15, 0.2) is 11.5 Å². The first-order valence-corrected chi connectivity index (χ1v) is 10.0. The summed E-state index contributed by atoms with van der Waals surface area (Å²) in [7, 11) is 0. The molecule has 1 aliphatic heterocycles. The van der Waals surface area contributed by atoms with Crippen molar-refractivity contribution < 1.29 is 23.5 Å². The quantitative estimate of drug-likeness (QED) is 0.280. The van der Waals surface area contributed by atoms with E-state index in [0.717, 1.165) is 10.5 Å². The van der Waals surface area contributed by atoms with Crippen molar-refractivity contribution in [2.75, 3.05) is 13.2 Å². The van der Waals surface area contributed by atoms with Crippen LogP contribution in [0, 0.1) is 18.2 Å². The Morgan fingerprint density at radius 3 is 2.69 bits per heavy atom. The molecule has 6 nitrogen and oxygen atoms in total. The first-order chi connectivity index (χ1) is 15.5. The van der Waals surface area contributed by atoms with Crippen LogP contribution < -0.4 is 14.8 Å². The Balaban J connectivity index is 1.93. The van der Waals surface area contributed by atoms with Gasteiger partial charge in [0.1, 0.15) is 18.1 Å². The Hall–Kier alpha value is -4.05. The van der Waals surface area contributed by atoms with Crippen LogP contribution >= 0.6 is 0 Å². The van der Waals surface area contributed by atoms with E-state index in [4.69, 9.17) is 15.9 Å². The summed E-state index contributed by atoms with van der Waals surface area (Å²) in [6, 6.07) is 8.90. The zero-order valence-corrected chi connectivity index (χ0v) is 17.7. The summed E-state index contributed by atoms with van der Waals surface area (Å²) in [5.74, 6) is 2.37. The lowest BCUT2D eigenvalue weighted by Crippen LogP contribution is -2.30. The lowest BCUT2D eigenvalue weighted by molar-refractivity contribution is -0.123. The molecule has 0 saturated carbocycles. The van der Waals surface area contributed by atoms with E-state index in [1.54, 1.807) is 30.4 Å². The second-order valence-electron chi connectivity index (χ2n) is 6.90. The molecular weight excluding hydrogens is 411 g/mol. The number of ether oxygens (including phenoxy) is 2. The molecule has 1 fully saturated rings. The SMILES string of the molecule is C#CCOc1c(CC=C)cc(/C=C2/NC(=O)N(Cc3ccccc3F)C2=O)cc1OCC. The van der Waals surface area contributed by atoms with E-state index >= 15 is 0 Å². The third kappa shape index (κ3) is 4.98. The van der Waals surface area contributed by atoms with Crippen LogP contribution in [0.1, 0.15) is 23.6 Å². The Morgan fingerprint density at radius 1 is 1.22 bits per heavy atom. The second-order valence-corrected chi connectivity index (χ2v) is 6.90. The number of halogens is 1. The number of carbonyl (C=O) groups is 2. The van der Waals surface area contributed by atoms with Gasteiger partial charge in [-0.2, -0.15) is 0 Å². The molecule has 164 valence electrons. The minimum atomic E-state index is -0.616. The molecule has 0 spiro atoms. The first kappa shape index (κ1) is 22.6. The van der Waals surface area contributed by atoms with Crippen LogP contribution in [0.4, 0.5) is 9.18 Å². The van der Waals surface area contributed by atoms with Crippen LogP contribution in [0.25, 0.3) is 6.08 Å². The van der Waals surface area contributed by atoms with Gasteiger partial charge in [0.05, 0.1) is 13.2 Å². The standard InChI is InChI=1S/C25H23FN2O4/c1-4-9-18-13-17(15-22(31-6-3)23(18)32-12-5-2)14-21-24(29)28(25(30)27-21)16-19-10-7-8-11-20(19)26/h2,4,7-8,10-11,13-15H,1,6,9,12,16H2,3H3,(H,27,30)/b21-14+. The van der Waals surface area contributed by atoms with Crippen molar-refractivity contribution in [1.82, 2.24) is 10.2 Å². The van der Waals surface area contributed by atoms with E-state index in [0.29, 0.717) is 30.1 Å². The predicted molar refractivity (Wildman–Crippen MR) is 119 cm³/mol. The number of urea groups is 1. The topological polar surface area (TPSA) is 67.9 Å². The molecule has 2 aromatic rings. The summed E-state index contributed by atoms with van der Waals surface area (Å²) in [6.45, 7) is 5.90. The van der Waals surface area contributed by atoms with Gasteiger partial charge in [-0.15, -0.1) is 13.0 Å². The highest BCUT2D eigenvalue weighted by Crippen LogP contribution is 2.35. The zero-order valence-electron chi connectivity index (χ0n) is 17.7. The summed E-state index contributed by atoms with van der Waals surface area (Å²) in [4.78, 5) is 26.2. The Kier molecular flexibility index (Phi) is 7.29. The number of amides is 3. The van der Waals surface area contributed by atoms with E-state index in [2.05, 4.69) is 17.8 Å². The zero-order chi connectivity index (χ0) is 23.1. The maximum atomic E-state index is 14.0. The van der Waals surface area contributed by atoms with Crippen LogP contribution in [0.3, 0.4) is 0 Å². The maximum Gasteiger partial charge on any atom is 0.329 e. The van der Waals surface area contributed by atoms with Gasteiger partial charge in [0.25, 0.3) is 5.91 Å². The van der Waals surface area contributed by atoms with Gasteiger partial charge < -0.3 is 14.8 Å². The third-order valence-electron chi connectivity index (χ3n) is 4.68. The summed E-state index contributed by atoms with van der Waals surface area (Å²) in [5.41, 5.74) is 1.72. The minimum Gasteiger partial charge on any atom is -0.490 e. The second kappa shape index (κ2) is 10.3. The average molecular weight is 434 g/mol. The van der Waals surface area contributed by atoms with E-state index in [-0.39, 0.29) is 24.4 Å². The number of imide groups is 1. The lowest BCUT2D eigenvalue weighted by atomic mass is 10.0. The van der Waals surface area contributed by atoms with Gasteiger partial charge in [0.2, 0.25) is 0 Å².